The lowest BCUT2D eigenvalue weighted by Crippen LogP contribution is -2.26. The van der Waals surface area contributed by atoms with E-state index in [0.717, 1.165) is 22.0 Å². The van der Waals surface area contributed by atoms with Gasteiger partial charge in [-0.15, -0.1) is 0 Å². The van der Waals surface area contributed by atoms with Crippen LogP contribution in [0, 0.1) is 6.92 Å². The number of carbonyl (C=O) groups excluding carboxylic acids is 2. The van der Waals surface area contributed by atoms with Crippen LogP contribution in [0.2, 0.25) is 0 Å². The van der Waals surface area contributed by atoms with Crippen LogP contribution in [0.15, 0.2) is 72.0 Å². The molecule has 4 aromatic rings. The zero-order valence-corrected chi connectivity index (χ0v) is 18.9. The molecule has 0 atom stereocenters. The van der Waals surface area contributed by atoms with Crippen molar-refractivity contribution in [1.82, 2.24) is 10.4 Å². The molecule has 0 saturated carbocycles. The second-order valence-electron chi connectivity index (χ2n) is 8.26. The summed E-state index contributed by atoms with van der Waals surface area (Å²) in [6, 6.07) is 18.6. The number of rotatable bonds is 6. The van der Waals surface area contributed by atoms with Crippen molar-refractivity contribution in [3.05, 3.63) is 100 Å². The smallest absolute Gasteiger partial charge is 0.271 e. The molecule has 0 spiro atoms. The summed E-state index contributed by atoms with van der Waals surface area (Å²) in [5, 5.41) is 25.5. The van der Waals surface area contributed by atoms with Crippen LogP contribution in [0.1, 0.15) is 43.1 Å². The lowest BCUT2D eigenvalue weighted by molar-refractivity contribution is 0.0953. The summed E-state index contributed by atoms with van der Waals surface area (Å²) in [6.07, 6.45) is 2.72. The number of nitrogens with zero attached hydrogens (tertiary/aromatic N) is 3. The van der Waals surface area contributed by atoms with Gasteiger partial charge in [-0.2, -0.15) is 5.10 Å². The molecule has 1 aliphatic rings. The summed E-state index contributed by atoms with van der Waals surface area (Å²) in [4.78, 5) is 31.2. The summed E-state index contributed by atoms with van der Waals surface area (Å²) in [5.41, 5.74) is 6.36. The number of hydrogen-bond acceptors (Lipinski definition) is 6. The van der Waals surface area contributed by atoms with Crippen LogP contribution in [0.3, 0.4) is 0 Å². The molecule has 2 heterocycles. The molecule has 35 heavy (non-hydrogen) atoms. The molecule has 8 nitrogen and oxygen atoms in total. The summed E-state index contributed by atoms with van der Waals surface area (Å²) in [7, 11) is 0. The number of hydrazone groups is 1. The lowest BCUT2D eigenvalue weighted by atomic mass is 10.1. The van der Waals surface area contributed by atoms with Gasteiger partial charge in [0.05, 0.1) is 30.7 Å². The van der Waals surface area contributed by atoms with E-state index in [0.29, 0.717) is 34.5 Å². The molecule has 0 saturated heterocycles. The van der Waals surface area contributed by atoms with Crippen molar-refractivity contribution in [2.24, 2.45) is 5.10 Å². The number of pyridine rings is 1. The SMILES string of the molecule is Cc1ncc(CO)c(/C=N/NC(=O)c2ccc(CN3C(=O)c4cccc5cccc3c45)cc2)c1O. The van der Waals surface area contributed by atoms with E-state index in [1.54, 1.807) is 36.1 Å². The molecule has 0 unspecified atom stereocenters. The van der Waals surface area contributed by atoms with Crippen LogP contribution in [-0.2, 0) is 13.2 Å². The van der Waals surface area contributed by atoms with Gasteiger partial charge in [-0.25, -0.2) is 5.43 Å². The number of benzene rings is 3. The molecule has 0 fully saturated rings. The summed E-state index contributed by atoms with van der Waals surface area (Å²) in [5.74, 6) is -0.573. The average Bonchev–Trinajstić information content (AvgIpc) is 3.15. The Balaban J connectivity index is 1.28. The van der Waals surface area contributed by atoms with Crippen molar-refractivity contribution in [2.75, 3.05) is 4.90 Å². The largest absolute Gasteiger partial charge is 0.505 e. The predicted molar refractivity (Wildman–Crippen MR) is 133 cm³/mol. The molecule has 8 heteroatoms. The Kier molecular flexibility index (Phi) is 5.72. The van der Waals surface area contributed by atoms with Crippen molar-refractivity contribution in [3.8, 4) is 5.75 Å². The number of aliphatic hydroxyl groups excluding tert-OH is 1. The second-order valence-corrected chi connectivity index (χ2v) is 8.26. The number of nitrogens with one attached hydrogen (secondary N) is 1. The number of amides is 2. The van der Waals surface area contributed by atoms with Crippen molar-refractivity contribution in [2.45, 2.75) is 20.1 Å². The van der Waals surface area contributed by atoms with E-state index in [1.807, 2.05) is 36.4 Å². The minimum atomic E-state index is -0.432. The molecule has 3 N–H and O–H groups in total. The van der Waals surface area contributed by atoms with Gasteiger partial charge in [-0.05, 0) is 42.1 Å². The Morgan fingerprint density at radius 1 is 1.11 bits per heavy atom. The van der Waals surface area contributed by atoms with Gasteiger partial charge in [0.1, 0.15) is 5.75 Å². The maximum absolute atomic E-state index is 13.0. The Morgan fingerprint density at radius 2 is 1.86 bits per heavy atom. The highest BCUT2D eigenvalue weighted by molar-refractivity contribution is 6.24. The first-order valence-corrected chi connectivity index (χ1v) is 11.0. The number of carbonyl (C=O) groups is 2. The molecule has 174 valence electrons. The number of aryl methyl sites for hydroxylation is 1. The summed E-state index contributed by atoms with van der Waals surface area (Å²) in [6.45, 7) is 1.69. The van der Waals surface area contributed by atoms with Crippen LogP contribution in [0.4, 0.5) is 5.69 Å². The van der Waals surface area contributed by atoms with E-state index < -0.39 is 5.91 Å². The highest BCUT2D eigenvalue weighted by Crippen LogP contribution is 2.38. The molecule has 0 bridgehead atoms. The Bertz CT molecular complexity index is 1490. The molecule has 5 rings (SSSR count). The number of aromatic hydroxyl groups is 1. The normalized spacial score (nSPS) is 12.6. The van der Waals surface area contributed by atoms with Gasteiger partial charge in [-0.3, -0.25) is 14.6 Å². The number of aromatic nitrogens is 1. The van der Waals surface area contributed by atoms with E-state index in [9.17, 15) is 19.8 Å². The van der Waals surface area contributed by atoms with Crippen molar-refractivity contribution in [3.63, 3.8) is 0 Å². The Morgan fingerprint density at radius 3 is 2.60 bits per heavy atom. The fourth-order valence-electron chi connectivity index (χ4n) is 4.22. The summed E-state index contributed by atoms with van der Waals surface area (Å²) < 4.78 is 0. The second kappa shape index (κ2) is 9.00. The van der Waals surface area contributed by atoms with E-state index >= 15 is 0 Å². The quantitative estimate of drug-likeness (QED) is 0.296. The zero-order chi connectivity index (χ0) is 24.5. The number of aliphatic hydroxyl groups is 1. The molecular formula is C27H22N4O4. The molecule has 0 radical (unpaired) electrons. The van der Waals surface area contributed by atoms with Crippen LogP contribution < -0.4 is 10.3 Å². The predicted octanol–water partition coefficient (Wildman–Crippen LogP) is 3.67. The topological polar surface area (TPSA) is 115 Å². The molecule has 1 aromatic heterocycles. The third kappa shape index (κ3) is 4.00. The zero-order valence-electron chi connectivity index (χ0n) is 18.9. The molecule has 3 aromatic carbocycles. The lowest BCUT2D eigenvalue weighted by Gasteiger charge is -2.18. The van der Waals surface area contributed by atoms with Crippen LogP contribution >= 0.6 is 0 Å². The Hall–Kier alpha value is -4.56. The number of hydrogen-bond donors (Lipinski definition) is 3. The maximum Gasteiger partial charge on any atom is 0.271 e. The van der Waals surface area contributed by atoms with Gasteiger partial charge < -0.3 is 15.1 Å². The third-order valence-electron chi connectivity index (χ3n) is 6.09. The number of anilines is 1. The van der Waals surface area contributed by atoms with Crippen molar-refractivity contribution >= 4 is 34.5 Å². The van der Waals surface area contributed by atoms with Crippen molar-refractivity contribution in [1.29, 1.82) is 0 Å². The van der Waals surface area contributed by atoms with Gasteiger partial charge in [0, 0.05) is 33.8 Å². The minimum Gasteiger partial charge on any atom is -0.505 e. The molecular weight excluding hydrogens is 444 g/mol. The highest BCUT2D eigenvalue weighted by Gasteiger charge is 2.29. The fraction of sp³-hybridized carbons (Fsp3) is 0.111. The van der Waals surface area contributed by atoms with Gasteiger partial charge in [0.2, 0.25) is 0 Å². The Labute approximate surface area is 201 Å². The summed E-state index contributed by atoms with van der Waals surface area (Å²) >= 11 is 0. The highest BCUT2D eigenvalue weighted by atomic mass is 16.3. The van der Waals surface area contributed by atoms with Crippen molar-refractivity contribution < 1.29 is 19.8 Å². The average molecular weight is 466 g/mol. The van der Waals surface area contributed by atoms with Crippen LogP contribution in [0.5, 0.6) is 5.75 Å². The van der Waals surface area contributed by atoms with Gasteiger partial charge in [0.25, 0.3) is 11.8 Å². The van der Waals surface area contributed by atoms with Gasteiger partial charge in [0.15, 0.2) is 0 Å². The molecule has 2 amide bonds. The van der Waals surface area contributed by atoms with Crippen LogP contribution in [-0.4, -0.2) is 33.2 Å². The maximum atomic E-state index is 13.0. The van der Waals surface area contributed by atoms with Gasteiger partial charge >= 0.3 is 0 Å². The van der Waals surface area contributed by atoms with E-state index in [4.69, 9.17) is 0 Å². The van der Waals surface area contributed by atoms with Gasteiger partial charge in [-0.1, -0.05) is 36.4 Å². The van der Waals surface area contributed by atoms with E-state index in [1.165, 1.54) is 12.4 Å². The first kappa shape index (κ1) is 22.2. The minimum absolute atomic E-state index is 0.0372. The fourth-order valence-corrected chi connectivity index (χ4v) is 4.22. The van der Waals surface area contributed by atoms with E-state index in [-0.39, 0.29) is 18.3 Å². The van der Waals surface area contributed by atoms with E-state index in [2.05, 4.69) is 15.5 Å². The molecule has 0 aliphatic carbocycles. The van der Waals surface area contributed by atoms with Crippen LogP contribution in [0.25, 0.3) is 10.8 Å². The first-order valence-electron chi connectivity index (χ1n) is 11.0. The first-order chi connectivity index (χ1) is 17.0. The monoisotopic (exact) mass is 466 g/mol. The standard InChI is InChI=1S/C27H22N4O4/c1-16-25(33)22(20(15-32)12-28-16)13-29-30-26(34)19-10-8-17(9-11-19)14-31-23-7-3-5-18-4-2-6-21(24(18)23)27(31)35/h2-13,32-33H,14-15H2,1H3,(H,30,34)/b29-13+. The molecule has 1 aliphatic heterocycles. The third-order valence-corrected chi connectivity index (χ3v) is 6.09.